The summed E-state index contributed by atoms with van der Waals surface area (Å²) in [6.07, 6.45) is -0.523. The van der Waals surface area contributed by atoms with Gasteiger partial charge in [0.25, 0.3) is 11.8 Å². The number of aliphatic hydroxyl groups excluding tert-OH is 1. The fourth-order valence-electron chi connectivity index (χ4n) is 5.03. The van der Waals surface area contributed by atoms with Gasteiger partial charge in [0.15, 0.2) is 6.17 Å². The number of carbonyl (C=O) groups is 7. The molecule has 0 aliphatic carbocycles. The molecule has 0 aliphatic rings. The summed E-state index contributed by atoms with van der Waals surface area (Å²) in [4.78, 5) is 88.9. The van der Waals surface area contributed by atoms with Gasteiger partial charge in [0, 0.05) is 12.6 Å². The van der Waals surface area contributed by atoms with Gasteiger partial charge in [0.2, 0.25) is 29.5 Å². The number of benzene rings is 2. The summed E-state index contributed by atoms with van der Waals surface area (Å²) in [5.41, 5.74) is 19.7. The van der Waals surface area contributed by atoms with Crippen LogP contribution < -0.4 is 43.8 Å². The van der Waals surface area contributed by atoms with Crippen molar-refractivity contribution >= 4 is 48.5 Å². The normalized spacial score (nSPS) is 14.2. The van der Waals surface area contributed by atoms with Crippen LogP contribution in [0.2, 0.25) is 0 Å². The van der Waals surface area contributed by atoms with E-state index < -0.39 is 97.9 Å². The number of primary amides is 1. The Morgan fingerprint density at radius 3 is 1.89 bits per heavy atom. The summed E-state index contributed by atoms with van der Waals surface area (Å²) < 4.78 is 0. The van der Waals surface area contributed by atoms with Gasteiger partial charge < -0.3 is 63.8 Å². The fraction of sp³-hybridized carbons (Fsp3) is 0.441. The highest BCUT2D eigenvalue weighted by molar-refractivity contribution is 6.43. The molecule has 19 nitrogen and oxygen atoms in total. The first-order valence-corrected chi connectivity index (χ1v) is 17.1. The lowest BCUT2D eigenvalue weighted by Gasteiger charge is -2.30. The molecule has 2 aromatic carbocycles. The van der Waals surface area contributed by atoms with Crippen LogP contribution in [-0.2, 0) is 35.2 Å². The first kappa shape index (κ1) is 44.8. The van der Waals surface area contributed by atoms with Crippen molar-refractivity contribution in [3.8, 4) is 11.1 Å². The Labute approximate surface area is 312 Å². The first-order valence-electron chi connectivity index (χ1n) is 17.1. The van der Waals surface area contributed by atoms with Gasteiger partial charge in [-0.1, -0.05) is 49.7 Å². The molecule has 0 heterocycles. The standard InChI is InChI=1S/C34H50BN9O10/c1-5-6-7-20-8-10-21(11-9-20)22-12-14-23(15-13-22)30(49)42-28(37)33(52)39-17-26(47)44(4)27(19(3)45)32(51)40-18(2)29(48)41-24(16-25(36)46)31(50)43-34(38)35(53)54/h8-15,18-19,24,27-28,34,45,53-54H,5-7,16-17,37-38H2,1-4H3,(H2,36,46)(H,39,52)(H,40,51)(H,41,48)(H,42,49)(H,43,50)/t18-,19+,24-,27-,28-,34+/m0/s1. The van der Waals surface area contributed by atoms with Crippen LogP contribution in [0.4, 0.5) is 0 Å². The Morgan fingerprint density at radius 1 is 0.796 bits per heavy atom. The van der Waals surface area contributed by atoms with Gasteiger partial charge in [-0.05, 0) is 55.5 Å². The SMILES string of the molecule is CCCCc1ccc(-c2ccc(C(=O)N[C@H](N)C(=O)NCC(=O)N(C)[C@H](C(=O)N[C@@H](C)C(=O)N[C@@H](CC(N)=O)C(=O)N[C@@H](N)B(O)O)[C@@H](C)O)cc2)cc1. The molecule has 0 aliphatic heterocycles. The largest absolute Gasteiger partial charge is 0.490 e. The third-order valence-corrected chi connectivity index (χ3v) is 8.19. The van der Waals surface area contributed by atoms with Crippen molar-refractivity contribution in [1.29, 1.82) is 0 Å². The van der Waals surface area contributed by atoms with Crippen LogP contribution in [0.3, 0.4) is 0 Å². The summed E-state index contributed by atoms with van der Waals surface area (Å²) in [5, 5.41) is 39.6. The number of hydrogen-bond acceptors (Lipinski definition) is 12. The van der Waals surface area contributed by atoms with E-state index in [1.807, 2.05) is 17.4 Å². The molecular weight excluding hydrogens is 705 g/mol. The number of likely N-dealkylation sites (N-methyl/N-ethyl adjacent to an activating group) is 1. The van der Waals surface area contributed by atoms with Gasteiger partial charge in [-0.2, -0.15) is 0 Å². The zero-order valence-electron chi connectivity index (χ0n) is 30.6. The summed E-state index contributed by atoms with van der Waals surface area (Å²) in [6.45, 7) is 3.85. The second kappa shape index (κ2) is 21.3. The van der Waals surface area contributed by atoms with Crippen LogP contribution in [0.15, 0.2) is 48.5 Å². The number of nitrogens with one attached hydrogen (secondary N) is 5. The summed E-state index contributed by atoms with van der Waals surface area (Å²) in [6, 6.07) is 8.61. The molecule has 0 aromatic heterocycles. The number of amides is 7. The Bertz CT molecular complexity index is 1630. The van der Waals surface area contributed by atoms with E-state index >= 15 is 0 Å². The number of nitrogens with zero attached hydrogens (tertiary/aromatic N) is 1. The second-order valence-electron chi connectivity index (χ2n) is 12.6. The molecule has 0 saturated heterocycles. The molecular formula is C34H50BN9O10. The third-order valence-electron chi connectivity index (χ3n) is 8.19. The van der Waals surface area contributed by atoms with Crippen molar-refractivity contribution in [3.05, 3.63) is 59.7 Å². The van der Waals surface area contributed by atoms with Crippen molar-refractivity contribution in [2.24, 2.45) is 17.2 Å². The van der Waals surface area contributed by atoms with Gasteiger partial charge in [-0.15, -0.1) is 0 Å². The smallest absolute Gasteiger partial charge is 0.425 e. The van der Waals surface area contributed by atoms with Crippen LogP contribution in [0.5, 0.6) is 0 Å². The predicted octanol–water partition coefficient (Wildman–Crippen LogP) is -3.69. The summed E-state index contributed by atoms with van der Waals surface area (Å²) >= 11 is 0. The van der Waals surface area contributed by atoms with E-state index in [1.165, 1.54) is 19.4 Å². The minimum atomic E-state index is -2.15. The van der Waals surface area contributed by atoms with E-state index in [-0.39, 0.29) is 5.56 Å². The quantitative estimate of drug-likeness (QED) is 0.0460. The molecule has 20 heteroatoms. The van der Waals surface area contributed by atoms with Gasteiger partial charge >= 0.3 is 7.12 Å². The Hall–Kier alpha value is -5.41. The van der Waals surface area contributed by atoms with Gasteiger partial charge in [0.1, 0.15) is 24.2 Å². The maximum Gasteiger partial charge on any atom is 0.490 e. The number of carbonyl (C=O) groups excluding carboxylic acids is 7. The van der Waals surface area contributed by atoms with Crippen molar-refractivity contribution in [3.63, 3.8) is 0 Å². The molecule has 0 bridgehead atoms. The molecule has 0 fully saturated rings. The molecule has 0 saturated carbocycles. The molecule has 0 unspecified atom stereocenters. The minimum absolute atomic E-state index is 0.239. The lowest BCUT2D eigenvalue weighted by molar-refractivity contribution is -0.144. The molecule has 14 N–H and O–H groups in total. The number of unbranched alkanes of at least 4 members (excludes halogenated alkanes) is 1. The molecule has 2 rings (SSSR count). The average Bonchev–Trinajstić information content (AvgIpc) is 3.12. The molecule has 294 valence electrons. The second-order valence-corrected chi connectivity index (χ2v) is 12.6. The van der Waals surface area contributed by atoms with E-state index in [2.05, 4.69) is 40.3 Å². The number of rotatable bonds is 20. The van der Waals surface area contributed by atoms with E-state index in [0.29, 0.717) is 0 Å². The fourth-order valence-corrected chi connectivity index (χ4v) is 5.03. The van der Waals surface area contributed by atoms with Gasteiger partial charge in [0.05, 0.1) is 19.1 Å². The number of aliphatic hydroxyl groups is 1. The Balaban J connectivity index is 1.94. The highest BCUT2D eigenvalue weighted by Gasteiger charge is 2.34. The number of nitrogens with two attached hydrogens (primary N) is 3. The van der Waals surface area contributed by atoms with Crippen molar-refractivity contribution in [2.75, 3.05) is 13.6 Å². The monoisotopic (exact) mass is 755 g/mol. The highest BCUT2D eigenvalue weighted by Crippen LogP contribution is 2.21. The van der Waals surface area contributed by atoms with Crippen LogP contribution >= 0.6 is 0 Å². The van der Waals surface area contributed by atoms with E-state index in [0.717, 1.165) is 42.3 Å². The third kappa shape index (κ3) is 13.9. The Kier molecular flexibility index (Phi) is 17.7. The summed E-state index contributed by atoms with van der Waals surface area (Å²) in [5.74, 6) is -6.49. The Morgan fingerprint density at radius 2 is 1.37 bits per heavy atom. The van der Waals surface area contributed by atoms with Crippen LogP contribution in [-0.4, -0.2) is 119 Å². The molecule has 0 radical (unpaired) electrons. The molecule has 2 aromatic rings. The van der Waals surface area contributed by atoms with E-state index in [4.69, 9.17) is 27.2 Å². The molecule has 7 amide bonds. The van der Waals surface area contributed by atoms with E-state index in [1.54, 1.807) is 24.3 Å². The zero-order chi connectivity index (χ0) is 40.7. The van der Waals surface area contributed by atoms with Crippen LogP contribution in [0, 0.1) is 0 Å². The lowest BCUT2D eigenvalue weighted by atomic mass is 9.86. The van der Waals surface area contributed by atoms with Gasteiger partial charge in [-0.3, -0.25) is 33.6 Å². The van der Waals surface area contributed by atoms with Crippen molar-refractivity contribution in [1.82, 2.24) is 31.5 Å². The number of aryl methyl sites for hydroxylation is 1. The predicted molar refractivity (Wildman–Crippen MR) is 197 cm³/mol. The number of hydrogen-bond donors (Lipinski definition) is 11. The van der Waals surface area contributed by atoms with Gasteiger partial charge in [-0.25, -0.2) is 0 Å². The van der Waals surface area contributed by atoms with Crippen LogP contribution in [0.1, 0.15) is 56.0 Å². The topological polar surface area (TPSA) is 322 Å². The maximum absolute atomic E-state index is 13.1. The first-order chi connectivity index (χ1) is 25.4. The van der Waals surface area contributed by atoms with E-state index in [9.17, 15) is 38.7 Å². The van der Waals surface area contributed by atoms with Crippen molar-refractivity contribution in [2.45, 2.75) is 82.9 Å². The minimum Gasteiger partial charge on any atom is -0.425 e. The molecule has 0 spiro atoms. The maximum atomic E-state index is 13.1. The average molecular weight is 756 g/mol. The molecule has 6 atom stereocenters. The molecule has 54 heavy (non-hydrogen) atoms. The van der Waals surface area contributed by atoms with Crippen molar-refractivity contribution < 1.29 is 48.7 Å². The summed E-state index contributed by atoms with van der Waals surface area (Å²) in [7, 11) is -0.993. The zero-order valence-corrected chi connectivity index (χ0v) is 30.6. The highest BCUT2D eigenvalue weighted by atomic mass is 16.4. The van der Waals surface area contributed by atoms with Crippen LogP contribution in [0.25, 0.3) is 11.1 Å². The lowest BCUT2D eigenvalue weighted by Crippen LogP contribution is -2.61.